The molecule has 0 amide bonds. The molecule has 4 heteroatoms. The summed E-state index contributed by atoms with van der Waals surface area (Å²) in [5.74, 6) is 4.34. The van der Waals surface area contributed by atoms with Crippen LogP contribution in [0.15, 0.2) is 115 Å². The number of hydrogen-bond donors (Lipinski definition) is 1. The highest BCUT2D eigenvalue weighted by Gasteiger charge is 2.15. The quantitative estimate of drug-likeness (QED) is 0.197. The molecular formula is C34H24N4. The minimum absolute atomic E-state index is 0.537. The van der Waals surface area contributed by atoms with E-state index in [1.807, 2.05) is 61.5 Å². The summed E-state index contributed by atoms with van der Waals surface area (Å²) in [6.45, 7) is 1.94. The SMILES string of the molecule is C#C/C=C(\C=C/C)c1nc(-c2ccccc2)nc(-c2ccc3[nH]c4c(-c5ccccc5)cccc4c3c2)n1. The summed E-state index contributed by atoms with van der Waals surface area (Å²) in [6.07, 6.45) is 11.1. The van der Waals surface area contributed by atoms with Gasteiger partial charge in [0.25, 0.3) is 0 Å². The third-order valence-corrected chi connectivity index (χ3v) is 6.49. The smallest absolute Gasteiger partial charge is 0.164 e. The van der Waals surface area contributed by atoms with Crippen LogP contribution in [0.25, 0.3) is 61.3 Å². The molecule has 0 aliphatic carbocycles. The second-order valence-corrected chi connectivity index (χ2v) is 8.92. The highest BCUT2D eigenvalue weighted by atomic mass is 15.0. The first-order chi connectivity index (χ1) is 18.7. The number of allylic oxidation sites excluding steroid dienone is 4. The van der Waals surface area contributed by atoms with Crippen molar-refractivity contribution in [3.05, 3.63) is 121 Å². The average Bonchev–Trinajstić information content (AvgIpc) is 3.36. The lowest BCUT2D eigenvalue weighted by molar-refractivity contribution is 1.04. The summed E-state index contributed by atoms with van der Waals surface area (Å²) >= 11 is 0. The molecular weight excluding hydrogens is 464 g/mol. The Morgan fingerprint density at radius 3 is 2.16 bits per heavy atom. The number of benzene rings is 4. The Morgan fingerprint density at radius 1 is 0.737 bits per heavy atom. The van der Waals surface area contributed by atoms with Gasteiger partial charge in [-0.15, -0.1) is 6.42 Å². The van der Waals surface area contributed by atoms with Gasteiger partial charge in [-0.3, -0.25) is 0 Å². The zero-order valence-corrected chi connectivity index (χ0v) is 20.9. The molecule has 0 saturated carbocycles. The lowest BCUT2D eigenvalue weighted by Crippen LogP contribution is -2.02. The average molecular weight is 489 g/mol. The zero-order chi connectivity index (χ0) is 25.9. The van der Waals surface area contributed by atoms with Crippen LogP contribution in [0.2, 0.25) is 0 Å². The number of hydrogen-bond acceptors (Lipinski definition) is 3. The third kappa shape index (κ3) is 4.27. The molecule has 0 fully saturated rings. The molecule has 38 heavy (non-hydrogen) atoms. The highest BCUT2D eigenvalue weighted by molar-refractivity contribution is 6.12. The number of terminal acetylenes is 1. The van der Waals surface area contributed by atoms with E-state index in [2.05, 4.69) is 65.5 Å². The van der Waals surface area contributed by atoms with Crippen molar-refractivity contribution >= 4 is 27.4 Å². The highest BCUT2D eigenvalue weighted by Crippen LogP contribution is 2.35. The number of nitrogens with one attached hydrogen (secondary N) is 1. The first kappa shape index (κ1) is 23.1. The second kappa shape index (κ2) is 10.0. The van der Waals surface area contributed by atoms with E-state index in [0.29, 0.717) is 17.5 Å². The largest absolute Gasteiger partial charge is 0.354 e. The number of H-pyrrole nitrogens is 1. The predicted octanol–water partition coefficient (Wildman–Crippen LogP) is 8.10. The van der Waals surface area contributed by atoms with Crippen molar-refractivity contribution in [3.63, 3.8) is 0 Å². The number of para-hydroxylation sites is 1. The van der Waals surface area contributed by atoms with E-state index in [1.165, 1.54) is 11.1 Å². The molecule has 0 atom stereocenters. The number of fused-ring (bicyclic) bond motifs is 3. The Morgan fingerprint density at radius 2 is 1.45 bits per heavy atom. The standard InChI is InChI=1S/C34H24N4/c1-3-12-24(13-4-2)32-36-33(25-16-9-6-10-17-25)38-34(37-32)26-20-21-30-29(22-26)28-19-11-18-27(31(28)35-30)23-14-7-5-8-15-23/h1,4-22,35H,2H3/b13-4-,24-12+. The van der Waals surface area contributed by atoms with Crippen LogP contribution in [0, 0.1) is 12.3 Å². The van der Waals surface area contributed by atoms with Crippen LogP contribution >= 0.6 is 0 Å². The Bertz CT molecular complexity index is 1870. The van der Waals surface area contributed by atoms with Gasteiger partial charge in [0.05, 0.1) is 5.52 Å². The molecule has 6 rings (SSSR count). The molecule has 2 heterocycles. The van der Waals surface area contributed by atoms with E-state index < -0.39 is 0 Å². The Kier molecular flexibility index (Phi) is 6.09. The van der Waals surface area contributed by atoms with Crippen molar-refractivity contribution in [2.75, 3.05) is 0 Å². The minimum atomic E-state index is 0.537. The van der Waals surface area contributed by atoms with E-state index in [1.54, 1.807) is 6.08 Å². The summed E-state index contributed by atoms with van der Waals surface area (Å²) < 4.78 is 0. The molecule has 0 bridgehead atoms. The fourth-order valence-corrected chi connectivity index (χ4v) is 4.73. The predicted molar refractivity (Wildman–Crippen MR) is 157 cm³/mol. The molecule has 0 spiro atoms. The normalized spacial score (nSPS) is 11.8. The first-order valence-corrected chi connectivity index (χ1v) is 12.5. The monoisotopic (exact) mass is 488 g/mol. The molecule has 4 nitrogen and oxygen atoms in total. The lowest BCUT2D eigenvalue weighted by atomic mass is 10.0. The molecule has 6 aromatic rings. The topological polar surface area (TPSA) is 54.5 Å². The van der Waals surface area contributed by atoms with E-state index in [-0.39, 0.29) is 0 Å². The van der Waals surface area contributed by atoms with Crippen molar-refractivity contribution in [3.8, 4) is 46.2 Å². The van der Waals surface area contributed by atoms with Gasteiger partial charge in [-0.05, 0) is 36.8 Å². The number of aromatic nitrogens is 4. The van der Waals surface area contributed by atoms with Crippen molar-refractivity contribution in [1.29, 1.82) is 0 Å². The Labute approximate surface area is 221 Å². The lowest BCUT2D eigenvalue weighted by Gasteiger charge is -2.09. The summed E-state index contributed by atoms with van der Waals surface area (Å²) in [4.78, 5) is 18.1. The minimum Gasteiger partial charge on any atom is -0.354 e. The van der Waals surface area contributed by atoms with Gasteiger partial charge in [-0.1, -0.05) is 96.9 Å². The zero-order valence-electron chi connectivity index (χ0n) is 20.9. The maximum atomic E-state index is 5.62. The van der Waals surface area contributed by atoms with Crippen molar-refractivity contribution in [2.24, 2.45) is 0 Å². The van der Waals surface area contributed by atoms with Gasteiger partial charge >= 0.3 is 0 Å². The maximum absolute atomic E-state index is 5.62. The fourth-order valence-electron chi connectivity index (χ4n) is 4.73. The van der Waals surface area contributed by atoms with Crippen LogP contribution in [0.1, 0.15) is 12.7 Å². The molecule has 0 unspecified atom stereocenters. The van der Waals surface area contributed by atoms with Crippen LogP contribution in [-0.2, 0) is 0 Å². The first-order valence-electron chi connectivity index (χ1n) is 12.5. The van der Waals surface area contributed by atoms with Gasteiger partial charge < -0.3 is 4.98 Å². The fraction of sp³-hybridized carbons (Fsp3) is 0.0294. The van der Waals surface area contributed by atoms with E-state index >= 15 is 0 Å². The Hall–Kier alpha value is -5.27. The molecule has 0 radical (unpaired) electrons. The Balaban J connectivity index is 1.55. The van der Waals surface area contributed by atoms with Gasteiger partial charge in [-0.2, -0.15) is 0 Å². The second-order valence-electron chi connectivity index (χ2n) is 8.92. The van der Waals surface area contributed by atoms with Crippen molar-refractivity contribution < 1.29 is 0 Å². The van der Waals surface area contributed by atoms with Crippen LogP contribution in [0.4, 0.5) is 0 Å². The molecule has 0 saturated heterocycles. The molecule has 0 aliphatic rings. The maximum Gasteiger partial charge on any atom is 0.164 e. The molecule has 2 aromatic heterocycles. The summed E-state index contributed by atoms with van der Waals surface area (Å²) in [7, 11) is 0. The van der Waals surface area contributed by atoms with Gasteiger partial charge in [0, 0.05) is 38.6 Å². The van der Waals surface area contributed by atoms with E-state index in [9.17, 15) is 0 Å². The summed E-state index contributed by atoms with van der Waals surface area (Å²) in [6, 6.07) is 33.1. The summed E-state index contributed by atoms with van der Waals surface area (Å²) in [5, 5.41) is 2.27. The van der Waals surface area contributed by atoms with Gasteiger partial charge in [-0.25, -0.2) is 15.0 Å². The molecule has 180 valence electrons. The molecule has 4 aromatic carbocycles. The van der Waals surface area contributed by atoms with Crippen LogP contribution in [0.3, 0.4) is 0 Å². The van der Waals surface area contributed by atoms with Gasteiger partial charge in [0.1, 0.15) is 0 Å². The van der Waals surface area contributed by atoms with Gasteiger partial charge in [0.2, 0.25) is 0 Å². The van der Waals surface area contributed by atoms with Crippen molar-refractivity contribution in [1.82, 2.24) is 19.9 Å². The number of aromatic amines is 1. The van der Waals surface area contributed by atoms with Crippen LogP contribution < -0.4 is 0 Å². The molecule has 0 aliphatic heterocycles. The van der Waals surface area contributed by atoms with Crippen LogP contribution in [0.5, 0.6) is 0 Å². The van der Waals surface area contributed by atoms with E-state index in [4.69, 9.17) is 21.4 Å². The van der Waals surface area contributed by atoms with Gasteiger partial charge in [0.15, 0.2) is 17.5 Å². The van der Waals surface area contributed by atoms with Crippen LogP contribution in [-0.4, -0.2) is 19.9 Å². The third-order valence-electron chi connectivity index (χ3n) is 6.49. The number of rotatable bonds is 5. The van der Waals surface area contributed by atoms with Crippen molar-refractivity contribution in [2.45, 2.75) is 6.92 Å². The molecule has 1 N–H and O–H groups in total. The summed E-state index contributed by atoms with van der Waals surface area (Å²) in [5.41, 5.74) is 7.10. The van der Waals surface area contributed by atoms with E-state index in [0.717, 1.165) is 38.5 Å². The number of nitrogens with zero attached hydrogens (tertiary/aromatic N) is 3.